The Bertz CT molecular complexity index is 578. The highest BCUT2D eigenvalue weighted by atomic mass is 32.2. The lowest BCUT2D eigenvalue weighted by molar-refractivity contribution is -0.130. The molecular weight excluding hydrogens is 332 g/mol. The predicted molar refractivity (Wildman–Crippen MR) is 93.5 cm³/mol. The number of carbonyl (C=O) groups is 2. The standard InChI is InChI=1S/C15H22N4O2S2/c1-11-3-2-4-18(5-11)6-12-8-23-15(16-12)17-13(20)7-19-10-22-9-14(19)21/h8,11H,2-7,9-10H2,1H3,(H,16,17,20). The summed E-state index contributed by atoms with van der Waals surface area (Å²) in [7, 11) is 0. The minimum Gasteiger partial charge on any atom is -0.323 e. The summed E-state index contributed by atoms with van der Waals surface area (Å²) in [6, 6.07) is 0. The Labute approximate surface area is 144 Å². The first kappa shape index (κ1) is 16.7. The van der Waals surface area contributed by atoms with Crippen LogP contribution < -0.4 is 5.32 Å². The maximum atomic E-state index is 12.0. The van der Waals surface area contributed by atoms with Gasteiger partial charge >= 0.3 is 0 Å². The highest BCUT2D eigenvalue weighted by Crippen LogP contribution is 2.21. The van der Waals surface area contributed by atoms with Crippen LogP contribution >= 0.6 is 23.1 Å². The summed E-state index contributed by atoms with van der Waals surface area (Å²) in [5, 5.41) is 5.43. The zero-order chi connectivity index (χ0) is 16.2. The molecule has 0 saturated carbocycles. The zero-order valence-electron chi connectivity index (χ0n) is 13.3. The normalized spacial score (nSPS) is 22.6. The highest BCUT2D eigenvalue weighted by molar-refractivity contribution is 8.00. The van der Waals surface area contributed by atoms with E-state index in [0.29, 0.717) is 16.8 Å². The molecule has 8 heteroatoms. The molecule has 0 aromatic carbocycles. The molecule has 126 valence electrons. The molecule has 0 bridgehead atoms. The molecule has 0 aliphatic carbocycles. The molecule has 1 aromatic rings. The summed E-state index contributed by atoms with van der Waals surface area (Å²) in [5.74, 6) is 1.68. The van der Waals surface area contributed by atoms with Crippen LogP contribution in [-0.2, 0) is 16.1 Å². The van der Waals surface area contributed by atoms with E-state index in [1.165, 1.54) is 24.2 Å². The summed E-state index contributed by atoms with van der Waals surface area (Å²) >= 11 is 2.99. The number of carbonyl (C=O) groups excluding carboxylic acids is 2. The fraction of sp³-hybridized carbons (Fsp3) is 0.667. The van der Waals surface area contributed by atoms with Gasteiger partial charge in [0.2, 0.25) is 11.8 Å². The van der Waals surface area contributed by atoms with Crippen LogP contribution in [0.3, 0.4) is 0 Å². The van der Waals surface area contributed by atoms with Crippen molar-refractivity contribution in [1.82, 2.24) is 14.8 Å². The van der Waals surface area contributed by atoms with Gasteiger partial charge in [-0.15, -0.1) is 23.1 Å². The van der Waals surface area contributed by atoms with Crippen molar-refractivity contribution in [2.45, 2.75) is 26.3 Å². The van der Waals surface area contributed by atoms with E-state index in [9.17, 15) is 9.59 Å². The van der Waals surface area contributed by atoms with E-state index in [-0.39, 0.29) is 18.4 Å². The average Bonchev–Trinajstić information content (AvgIpc) is 3.09. The van der Waals surface area contributed by atoms with E-state index < -0.39 is 0 Å². The molecule has 1 unspecified atom stereocenters. The lowest BCUT2D eigenvalue weighted by Crippen LogP contribution is -2.34. The van der Waals surface area contributed by atoms with Crippen molar-refractivity contribution in [3.63, 3.8) is 0 Å². The van der Waals surface area contributed by atoms with Gasteiger partial charge in [-0.3, -0.25) is 14.5 Å². The van der Waals surface area contributed by atoms with Crippen LogP contribution in [0, 0.1) is 5.92 Å². The molecule has 3 heterocycles. The number of rotatable bonds is 5. The lowest BCUT2D eigenvalue weighted by atomic mass is 10.0. The Balaban J connectivity index is 1.48. The molecule has 2 aliphatic heterocycles. The van der Waals surface area contributed by atoms with Crippen LogP contribution in [-0.4, -0.2) is 57.9 Å². The number of thioether (sulfide) groups is 1. The Morgan fingerprint density at radius 2 is 2.39 bits per heavy atom. The minimum absolute atomic E-state index is 0.0317. The lowest BCUT2D eigenvalue weighted by Gasteiger charge is -2.30. The van der Waals surface area contributed by atoms with Crippen molar-refractivity contribution in [3.05, 3.63) is 11.1 Å². The third-order valence-corrected chi connectivity index (χ3v) is 5.84. The molecule has 2 aliphatic rings. The third-order valence-electron chi connectivity index (χ3n) is 4.08. The van der Waals surface area contributed by atoms with E-state index in [4.69, 9.17) is 0 Å². The molecule has 1 aromatic heterocycles. The number of aromatic nitrogens is 1. The first-order chi connectivity index (χ1) is 11.1. The van der Waals surface area contributed by atoms with Gasteiger partial charge in [0, 0.05) is 18.5 Å². The Morgan fingerprint density at radius 3 is 3.13 bits per heavy atom. The third kappa shape index (κ3) is 4.68. The summed E-state index contributed by atoms with van der Waals surface area (Å²) in [6.07, 6.45) is 2.55. The van der Waals surface area contributed by atoms with E-state index in [1.54, 1.807) is 16.7 Å². The molecule has 1 atom stereocenters. The predicted octanol–water partition coefficient (Wildman–Crippen LogP) is 1.85. The quantitative estimate of drug-likeness (QED) is 0.874. The number of anilines is 1. The molecule has 2 amide bonds. The van der Waals surface area contributed by atoms with Crippen molar-refractivity contribution < 1.29 is 9.59 Å². The largest absolute Gasteiger partial charge is 0.323 e. The first-order valence-corrected chi connectivity index (χ1v) is 9.95. The smallest absolute Gasteiger partial charge is 0.245 e. The Hall–Kier alpha value is -1.12. The molecule has 2 saturated heterocycles. The van der Waals surface area contributed by atoms with Crippen molar-refractivity contribution >= 4 is 40.0 Å². The van der Waals surface area contributed by atoms with Gasteiger partial charge in [0.1, 0.15) is 6.54 Å². The number of hydrogen-bond acceptors (Lipinski definition) is 6. The van der Waals surface area contributed by atoms with Gasteiger partial charge in [0.25, 0.3) is 0 Å². The number of thiazole rings is 1. The second-order valence-corrected chi connectivity index (χ2v) is 8.06. The van der Waals surface area contributed by atoms with Crippen molar-refractivity contribution in [3.8, 4) is 0 Å². The SMILES string of the molecule is CC1CCCN(Cc2csc(NC(=O)CN3CSCC3=O)n2)C1. The van der Waals surface area contributed by atoms with Gasteiger partial charge < -0.3 is 10.2 Å². The zero-order valence-corrected chi connectivity index (χ0v) is 14.9. The fourth-order valence-electron chi connectivity index (χ4n) is 2.97. The van der Waals surface area contributed by atoms with Crippen LogP contribution in [0.4, 0.5) is 5.13 Å². The molecular formula is C15H22N4O2S2. The molecule has 23 heavy (non-hydrogen) atoms. The van der Waals surface area contributed by atoms with E-state index >= 15 is 0 Å². The van der Waals surface area contributed by atoms with Gasteiger partial charge in [-0.2, -0.15) is 0 Å². The topological polar surface area (TPSA) is 65.5 Å². The molecule has 6 nitrogen and oxygen atoms in total. The second-order valence-electron chi connectivity index (χ2n) is 6.24. The van der Waals surface area contributed by atoms with Crippen molar-refractivity contribution in [2.24, 2.45) is 5.92 Å². The molecule has 0 radical (unpaired) electrons. The van der Waals surface area contributed by atoms with E-state index in [0.717, 1.165) is 31.2 Å². The highest BCUT2D eigenvalue weighted by Gasteiger charge is 2.23. The number of hydrogen-bond donors (Lipinski definition) is 1. The van der Waals surface area contributed by atoms with Gasteiger partial charge in [-0.25, -0.2) is 4.98 Å². The molecule has 3 rings (SSSR count). The minimum atomic E-state index is -0.173. The van der Waals surface area contributed by atoms with E-state index in [1.807, 2.05) is 5.38 Å². The molecule has 2 fully saturated rings. The summed E-state index contributed by atoms with van der Waals surface area (Å²) in [5.41, 5.74) is 1.01. The summed E-state index contributed by atoms with van der Waals surface area (Å²) in [6.45, 7) is 5.49. The van der Waals surface area contributed by atoms with Crippen LogP contribution in [0.5, 0.6) is 0 Å². The summed E-state index contributed by atoms with van der Waals surface area (Å²) < 4.78 is 0. The van der Waals surface area contributed by atoms with Gasteiger partial charge in [-0.05, 0) is 25.3 Å². The van der Waals surface area contributed by atoms with Crippen LogP contribution in [0.25, 0.3) is 0 Å². The molecule has 1 N–H and O–H groups in total. The van der Waals surface area contributed by atoms with Crippen LogP contribution in [0.2, 0.25) is 0 Å². The average molecular weight is 355 g/mol. The molecule has 0 spiro atoms. The number of piperidine rings is 1. The van der Waals surface area contributed by atoms with Crippen LogP contribution in [0.15, 0.2) is 5.38 Å². The number of likely N-dealkylation sites (tertiary alicyclic amines) is 1. The monoisotopic (exact) mass is 354 g/mol. The number of amides is 2. The summed E-state index contributed by atoms with van der Waals surface area (Å²) in [4.78, 5) is 32.0. The van der Waals surface area contributed by atoms with Crippen LogP contribution in [0.1, 0.15) is 25.5 Å². The fourth-order valence-corrected chi connectivity index (χ4v) is 4.59. The Kier molecular flexibility index (Phi) is 5.55. The van der Waals surface area contributed by atoms with Crippen molar-refractivity contribution in [1.29, 1.82) is 0 Å². The maximum absolute atomic E-state index is 12.0. The number of nitrogens with one attached hydrogen (secondary N) is 1. The van der Waals surface area contributed by atoms with E-state index in [2.05, 4.69) is 22.1 Å². The Morgan fingerprint density at radius 1 is 1.52 bits per heavy atom. The van der Waals surface area contributed by atoms with Gasteiger partial charge in [0.15, 0.2) is 5.13 Å². The van der Waals surface area contributed by atoms with Crippen molar-refractivity contribution in [2.75, 3.05) is 36.6 Å². The first-order valence-electron chi connectivity index (χ1n) is 7.92. The van der Waals surface area contributed by atoms with Gasteiger partial charge in [-0.1, -0.05) is 6.92 Å². The second kappa shape index (κ2) is 7.63. The number of nitrogens with zero attached hydrogens (tertiary/aromatic N) is 3. The van der Waals surface area contributed by atoms with Gasteiger partial charge in [0.05, 0.1) is 17.3 Å². The maximum Gasteiger partial charge on any atom is 0.245 e.